The van der Waals surface area contributed by atoms with E-state index in [4.69, 9.17) is 0 Å². The first kappa shape index (κ1) is 33.7. The summed E-state index contributed by atoms with van der Waals surface area (Å²) in [7, 11) is 0. The molecule has 1 aliphatic rings. The number of Topliss-reactive ketones (excluding diaryl/α,β-unsaturated/α-hetero) is 2. The van der Waals surface area contributed by atoms with Crippen LogP contribution < -0.4 is 19.6 Å². The molecule has 0 bridgehead atoms. The molecule has 2 aromatic carbocycles. The summed E-state index contributed by atoms with van der Waals surface area (Å²) in [6.45, 7) is 4.73. The van der Waals surface area contributed by atoms with Crippen molar-refractivity contribution in [2.24, 2.45) is 0 Å². The van der Waals surface area contributed by atoms with E-state index >= 15 is 0 Å². The van der Waals surface area contributed by atoms with Crippen LogP contribution in [0.1, 0.15) is 65.2 Å². The number of allylic oxidation sites excluding steroid dienone is 4. The summed E-state index contributed by atoms with van der Waals surface area (Å²) < 4.78 is 2.73. The average molecular weight is 701 g/mol. The van der Waals surface area contributed by atoms with E-state index in [9.17, 15) is 19.2 Å². The monoisotopic (exact) mass is 702 g/mol. The predicted octanol–water partition coefficient (Wildman–Crippen LogP) is 4.02. The second-order valence-electron chi connectivity index (χ2n) is 10.3. The predicted molar refractivity (Wildman–Crippen MR) is 172 cm³/mol. The number of carbonyl (C=O) groups is 4. The van der Waals surface area contributed by atoms with Crippen LogP contribution in [0.5, 0.6) is 0 Å². The molecule has 1 aliphatic carbocycles. The molecule has 0 saturated heterocycles. The Hall–Kier alpha value is -2.76. The van der Waals surface area contributed by atoms with Gasteiger partial charge in [0.2, 0.25) is 0 Å². The van der Waals surface area contributed by atoms with E-state index in [0.717, 1.165) is 23.5 Å². The molecule has 0 aromatic heterocycles. The molecule has 8 heteroatoms. The molecule has 224 valence electrons. The van der Waals surface area contributed by atoms with Crippen molar-refractivity contribution in [3.63, 3.8) is 0 Å². The van der Waals surface area contributed by atoms with Gasteiger partial charge in [0.25, 0.3) is 0 Å². The van der Waals surface area contributed by atoms with Crippen LogP contribution >= 0.6 is 0 Å². The molecular formula is C34H42N2O4Se2. The minimum absolute atomic E-state index is 0.0154. The van der Waals surface area contributed by atoms with Gasteiger partial charge in [0, 0.05) is 0 Å². The molecule has 6 nitrogen and oxygen atoms in total. The number of carbonyl (C=O) groups excluding carboxylic acids is 4. The van der Waals surface area contributed by atoms with E-state index in [-0.39, 0.29) is 23.4 Å². The Balaban J connectivity index is 1.30. The molecule has 0 heterocycles. The van der Waals surface area contributed by atoms with Crippen molar-refractivity contribution >= 4 is 62.2 Å². The van der Waals surface area contributed by atoms with Gasteiger partial charge in [0.1, 0.15) is 0 Å². The van der Waals surface area contributed by atoms with Gasteiger partial charge >= 0.3 is 264 Å². The van der Waals surface area contributed by atoms with Crippen LogP contribution in [0.15, 0.2) is 83.0 Å². The van der Waals surface area contributed by atoms with Gasteiger partial charge in [0.05, 0.1) is 0 Å². The molecule has 2 amide bonds. The zero-order chi connectivity index (χ0) is 30.2. The zero-order valence-corrected chi connectivity index (χ0v) is 28.1. The summed E-state index contributed by atoms with van der Waals surface area (Å²) in [6.07, 6.45) is 4.45. The second-order valence-corrected chi connectivity index (χ2v) is 15.2. The second kappa shape index (κ2) is 18.7. The van der Waals surface area contributed by atoms with E-state index in [0.29, 0.717) is 104 Å². The number of hydrogen-bond donors (Lipinski definition) is 2. The van der Waals surface area contributed by atoms with Crippen LogP contribution in [0.3, 0.4) is 0 Å². The third-order valence-electron chi connectivity index (χ3n) is 7.11. The van der Waals surface area contributed by atoms with Crippen molar-refractivity contribution in [3.8, 4) is 0 Å². The third-order valence-corrected chi connectivity index (χ3v) is 11.7. The number of amides is 2. The summed E-state index contributed by atoms with van der Waals surface area (Å²) >= 11 is 0.841. The Kier molecular flexibility index (Phi) is 15.0. The normalized spacial score (nSPS) is 13.5. The fraction of sp³-hybridized carbons (Fsp3) is 0.412. The van der Waals surface area contributed by atoms with Gasteiger partial charge in [0.15, 0.2) is 0 Å². The molecule has 2 N–H and O–H groups in total. The van der Waals surface area contributed by atoms with Crippen molar-refractivity contribution in [1.82, 2.24) is 10.6 Å². The quantitative estimate of drug-likeness (QED) is 0.140. The molecule has 42 heavy (non-hydrogen) atoms. The van der Waals surface area contributed by atoms with E-state index in [2.05, 4.69) is 59.2 Å². The number of hydrogen-bond acceptors (Lipinski definition) is 4. The molecule has 0 atom stereocenters. The topological polar surface area (TPSA) is 92.3 Å². The summed E-state index contributed by atoms with van der Waals surface area (Å²) in [6, 6.07) is 20.8. The van der Waals surface area contributed by atoms with E-state index < -0.39 is 0 Å². The summed E-state index contributed by atoms with van der Waals surface area (Å²) in [5, 5.41) is 8.10. The van der Waals surface area contributed by atoms with Crippen molar-refractivity contribution in [2.75, 3.05) is 13.1 Å². The number of benzene rings is 2. The Morgan fingerprint density at radius 2 is 0.976 bits per heavy atom. The van der Waals surface area contributed by atoms with E-state index in [1.807, 2.05) is 12.1 Å². The maximum absolute atomic E-state index is 13.1. The first-order valence-corrected chi connectivity index (χ1v) is 18.9. The molecule has 0 radical (unpaired) electrons. The molecule has 0 spiro atoms. The Labute approximate surface area is 262 Å². The summed E-state index contributed by atoms with van der Waals surface area (Å²) in [4.78, 5) is 50.7. The van der Waals surface area contributed by atoms with Crippen LogP contribution in [0, 0.1) is 0 Å². The first-order valence-electron chi connectivity index (χ1n) is 14.7. The van der Waals surface area contributed by atoms with E-state index in [1.165, 1.54) is 8.92 Å². The van der Waals surface area contributed by atoms with Crippen LogP contribution in [0.25, 0.3) is 0 Å². The molecule has 0 aliphatic heterocycles. The van der Waals surface area contributed by atoms with E-state index in [1.54, 1.807) is 13.8 Å². The Morgan fingerprint density at radius 1 is 0.595 bits per heavy atom. The van der Waals surface area contributed by atoms with Crippen LogP contribution in [0.4, 0.5) is 0 Å². The SMILES string of the molecule is CC1=C(CCCC(=O)NCCC[Se]c2ccccc2)C(=O)C(C)=C(CCCC(=O)NCCC[Se]c2ccccc2)C1=O. The van der Waals surface area contributed by atoms with Gasteiger partial charge in [-0.3, -0.25) is 0 Å². The van der Waals surface area contributed by atoms with Gasteiger partial charge in [-0.15, -0.1) is 0 Å². The zero-order valence-electron chi connectivity index (χ0n) is 24.7. The average Bonchev–Trinajstić information content (AvgIpc) is 3.00. The fourth-order valence-electron chi connectivity index (χ4n) is 4.71. The number of rotatable bonds is 18. The number of ketones is 2. The fourth-order valence-corrected chi connectivity index (χ4v) is 8.38. The van der Waals surface area contributed by atoms with Crippen LogP contribution in [-0.2, 0) is 19.2 Å². The number of nitrogens with one attached hydrogen (secondary N) is 2. The molecule has 2 aromatic rings. The van der Waals surface area contributed by atoms with Gasteiger partial charge in [-0.2, -0.15) is 0 Å². The van der Waals surface area contributed by atoms with Gasteiger partial charge in [-0.25, -0.2) is 0 Å². The Bertz CT molecular complexity index is 1170. The summed E-state index contributed by atoms with van der Waals surface area (Å²) in [5.41, 5.74) is 2.01. The Morgan fingerprint density at radius 3 is 1.36 bits per heavy atom. The first-order chi connectivity index (χ1) is 20.4. The van der Waals surface area contributed by atoms with Crippen molar-refractivity contribution in [2.45, 2.75) is 75.9 Å². The molecule has 0 fully saturated rings. The summed E-state index contributed by atoms with van der Waals surface area (Å²) in [5.74, 6) is -0.234. The van der Waals surface area contributed by atoms with Gasteiger partial charge < -0.3 is 0 Å². The molecule has 0 unspecified atom stereocenters. The molecule has 3 rings (SSSR count). The standard InChI is InChI=1S/C34H42N2O4Se2/c1-25-29(17-9-19-31(37)35-21-11-23-41-27-13-5-3-6-14-27)34(40)26(2)30(33(25)39)18-10-20-32(38)36-22-12-24-42-28-15-7-4-8-16-28/h3-8,13-16H,9-12,17-24H2,1-2H3,(H,35,37)(H,36,38). The van der Waals surface area contributed by atoms with Crippen molar-refractivity contribution in [3.05, 3.63) is 83.0 Å². The third kappa shape index (κ3) is 11.5. The van der Waals surface area contributed by atoms with Gasteiger partial charge in [-0.05, 0) is 0 Å². The molecular weight excluding hydrogens is 658 g/mol. The van der Waals surface area contributed by atoms with Gasteiger partial charge in [-0.1, -0.05) is 0 Å². The van der Waals surface area contributed by atoms with Crippen molar-refractivity contribution < 1.29 is 19.2 Å². The minimum atomic E-state index is -0.101. The van der Waals surface area contributed by atoms with Crippen LogP contribution in [-0.4, -0.2) is 66.4 Å². The van der Waals surface area contributed by atoms with Crippen molar-refractivity contribution in [1.29, 1.82) is 0 Å². The van der Waals surface area contributed by atoms with Crippen LogP contribution in [0.2, 0.25) is 10.6 Å². The maximum atomic E-state index is 13.1. The molecule has 0 saturated carbocycles.